The summed E-state index contributed by atoms with van der Waals surface area (Å²) in [7, 11) is 3.00. The third-order valence-electron chi connectivity index (χ3n) is 3.71. The van der Waals surface area contributed by atoms with Crippen molar-refractivity contribution in [2.75, 3.05) is 5.32 Å². The van der Waals surface area contributed by atoms with Crippen LogP contribution >= 0.6 is 0 Å². The topological polar surface area (TPSA) is 68.9 Å². The molecule has 0 fully saturated rings. The van der Waals surface area contributed by atoms with Crippen LogP contribution in [-0.2, 0) is 26.9 Å². The fourth-order valence-corrected chi connectivity index (χ4v) is 2.64. The quantitative estimate of drug-likeness (QED) is 0.839. The Morgan fingerprint density at radius 3 is 2.35 bits per heavy atom. The van der Waals surface area contributed by atoms with E-state index in [-0.39, 0.29) is 17.4 Å². The van der Waals surface area contributed by atoms with Crippen LogP contribution < -0.4 is 16.6 Å². The Labute approximate surface area is 115 Å². The van der Waals surface area contributed by atoms with Crippen LogP contribution in [0.4, 0.5) is 5.82 Å². The fourth-order valence-electron chi connectivity index (χ4n) is 2.64. The predicted octanol–water partition coefficient (Wildman–Crippen LogP) is 0.0583. The Bertz CT molecular complexity index is 750. The predicted molar refractivity (Wildman–Crippen MR) is 76.0 cm³/mol. The van der Waals surface area contributed by atoms with Crippen molar-refractivity contribution in [1.29, 1.82) is 0 Å². The van der Waals surface area contributed by atoms with E-state index in [1.165, 1.54) is 29.9 Å². The van der Waals surface area contributed by atoms with E-state index in [0.29, 0.717) is 0 Å². The molecule has 1 aromatic carbocycles. The van der Waals surface area contributed by atoms with Gasteiger partial charge in [0.05, 0.1) is 0 Å². The molecular weight excluding hydrogens is 256 g/mol. The summed E-state index contributed by atoms with van der Waals surface area (Å²) in [5.41, 5.74) is 1.79. The van der Waals surface area contributed by atoms with Crippen molar-refractivity contribution in [3.05, 3.63) is 56.2 Å². The number of nitrogens with one attached hydrogen (secondary N) is 1. The van der Waals surface area contributed by atoms with E-state index in [1.807, 2.05) is 12.1 Å². The zero-order valence-electron chi connectivity index (χ0n) is 11.5. The van der Waals surface area contributed by atoms with E-state index in [2.05, 4.69) is 22.5 Å². The second kappa shape index (κ2) is 4.63. The lowest BCUT2D eigenvalue weighted by Crippen LogP contribution is -2.41. The molecular formula is C14H16N4O2. The van der Waals surface area contributed by atoms with E-state index < -0.39 is 5.69 Å². The average molecular weight is 272 g/mol. The van der Waals surface area contributed by atoms with Crippen molar-refractivity contribution in [3.63, 3.8) is 0 Å². The molecule has 20 heavy (non-hydrogen) atoms. The molecule has 3 rings (SSSR count). The van der Waals surface area contributed by atoms with Gasteiger partial charge in [-0.2, -0.15) is 0 Å². The number of anilines is 1. The molecule has 0 aliphatic heterocycles. The van der Waals surface area contributed by atoms with Gasteiger partial charge in [0.15, 0.2) is 0 Å². The van der Waals surface area contributed by atoms with Gasteiger partial charge in [0.1, 0.15) is 0 Å². The summed E-state index contributed by atoms with van der Waals surface area (Å²) in [6, 6.07) is 8.38. The first-order chi connectivity index (χ1) is 9.56. The Kier molecular flexibility index (Phi) is 2.93. The lowest BCUT2D eigenvalue weighted by atomic mass is 10.1. The van der Waals surface area contributed by atoms with Crippen LogP contribution in [-0.4, -0.2) is 20.4 Å². The molecule has 1 N–H and O–H groups in total. The summed E-state index contributed by atoms with van der Waals surface area (Å²) < 4.78 is 2.24. The number of rotatable bonds is 2. The highest BCUT2D eigenvalue weighted by atomic mass is 16.2. The van der Waals surface area contributed by atoms with Crippen LogP contribution in [0.25, 0.3) is 0 Å². The van der Waals surface area contributed by atoms with Crippen molar-refractivity contribution in [3.8, 4) is 0 Å². The third kappa shape index (κ3) is 2.03. The first-order valence-electron chi connectivity index (χ1n) is 6.54. The molecule has 0 spiro atoms. The van der Waals surface area contributed by atoms with Crippen LogP contribution in [0.1, 0.15) is 11.1 Å². The number of hydrogen-bond acceptors (Lipinski definition) is 4. The molecule has 0 amide bonds. The summed E-state index contributed by atoms with van der Waals surface area (Å²) in [6.45, 7) is 0. The molecule has 0 atom stereocenters. The SMILES string of the molecule is Cn1nc(NC2Cc3ccccc3C2)c(=O)n(C)c1=O. The molecule has 0 radical (unpaired) electrons. The number of fused-ring (bicyclic) bond motifs is 1. The summed E-state index contributed by atoms with van der Waals surface area (Å²) in [6.07, 6.45) is 1.73. The number of benzene rings is 1. The second-order valence-electron chi connectivity index (χ2n) is 5.14. The van der Waals surface area contributed by atoms with E-state index in [0.717, 1.165) is 17.4 Å². The van der Waals surface area contributed by atoms with Crippen molar-refractivity contribution in [1.82, 2.24) is 14.3 Å². The fraction of sp³-hybridized carbons (Fsp3) is 0.357. The standard InChI is InChI=1S/C14H16N4O2/c1-17-13(19)12(16-18(2)14(17)20)15-11-7-9-5-3-4-6-10(9)8-11/h3-6,11H,7-8H2,1-2H3,(H,15,16). The highest BCUT2D eigenvalue weighted by Crippen LogP contribution is 2.22. The minimum atomic E-state index is -0.421. The number of aromatic nitrogens is 3. The highest BCUT2D eigenvalue weighted by molar-refractivity contribution is 5.39. The molecule has 0 saturated carbocycles. The lowest BCUT2D eigenvalue weighted by molar-refractivity contribution is 0.598. The smallest absolute Gasteiger partial charge is 0.346 e. The van der Waals surface area contributed by atoms with Gasteiger partial charge < -0.3 is 5.32 Å². The molecule has 104 valence electrons. The zero-order chi connectivity index (χ0) is 14.3. The number of nitrogens with zero attached hydrogens (tertiary/aromatic N) is 3. The van der Waals surface area contributed by atoms with Crippen LogP contribution in [0.3, 0.4) is 0 Å². The second-order valence-corrected chi connectivity index (χ2v) is 5.14. The molecule has 6 heteroatoms. The Hall–Kier alpha value is -2.37. The molecule has 0 saturated heterocycles. The van der Waals surface area contributed by atoms with Gasteiger partial charge in [0.25, 0.3) is 5.56 Å². The van der Waals surface area contributed by atoms with Crippen LogP contribution in [0.2, 0.25) is 0 Å². The molecule has 0 bridgehead atoms. The first kappa shape index (κ1) is 12.7. The van der Waals surface area contributed by atoms with E-state index >= 15 is 0 Å². The van der Waals surface area contributed by atoms with Crippen molar-refractivity contribution in [2.45, 2.75) is 18.9 Å². The van der Waals surface area contributed by atoms with Gasteiger partial charge in [0.2, 0.25) is 5.82 Å². The molecule has 1 aliphatic carbocycles. The number of hydrogen-bond donors (Lipinski definition) is 1. The molecule has 0 unspecified atom stereocenters. The van der Waals surface area contributed by atoms with Gasteiger partial charge in [0, 0.05) is 20.1 Å². The van der Waals surface area contributed by atoms with Gasteiger partial charge in [-0.25, -0.2) is 9.48 Å². The van der Waals surface area contributed by atoms with E-state index in [1.54, 1.807) is 0 Å². The molecule has 1 heterocycles. The van der Waals surface area contributed by atoms with E-state index in [4.69, 9.17) is 0 Å². The maximum Gasteiger partial charge on any atom is 0.346 e. The minimum absolute atomic E-state index is 0.144. The summed E-state index contributed by atoms with van der Waals surface area (Å²) >= 11 is 0. The Morgan fingerprint density at radius 1 is 1.15 bits per heavy atom. The summed E-state index contributed by atoms with van der Waals surface area (Å²) in [5, 5.41) is 7.18. The van der Waals surface area contributed by atoms with Gasteiger partial charge in [-0.1, -0.05) is 24.3 Å². The number of aryl methyl sites for hydroxylation is 1. The van der Waals surface area contributed by atoms with Crippen LogP contribution in [0, 0.1) is 0 Å². The van der Waals surface area contributed by atoms with Crippen LogP contribution in [0.5, 0.6) is 0 Å². The van der Waals surface area contributed by atoms with Crippen molar-refractivity contribution in [2.24, 2.45) is 14.1 Å². The summed E-state index contributed by atoms with van der Waals surface area (Å²) in [5.74, 6) is 0.229. The largest absolute Gasteiger partial charge is 0.361 e. The van der Waals surface area contributed by atoms with Crippen molar-refractivity contribution < 1.29 is 0 Å². The highest BCUT2D eigenvalue weighted by Gasteiger charge is 2.22. The summed E-state index contributed by atoms with van der Waals surface area (Å²) in [4.78, 5) is 23.6. The van der Waals surface area contributed by atoms with Gasteiger partial charge in [-0.05, 0) is 24.0 Å². The Morgan fingerprint density at radius 2 is 1.75 bits per heavy atom. The molecule has 1 aliphatic rings. The van der Waals surface area contributed by atoms with Crippen molar-refractivity contribution >= 4 is 5.82 Å². The van der Waals surface area contributed by atoms with Crippen LogP contribution in [0.15, 0.2) is 33.9 Å². The molecule has 2 aromatic rings. The normalized spacial score (nSPS) is 14.3. The molecule has 1 aromatic heterocycles. The van der Waals surface area contributed by atoms with E-state index in [9.17, 15) is 9.59 Å². The van der Waals surface area contributed by atoms with Gasteiger partial charge >= 0.3 is 5.69 Å². The lowest BCUT2D eigenvalue weighted by Gasteiger charge is -2.13. The Balaban J connectivity index is 1.88. The van der Waals surface area contributed by atoms with Gasteiger partial charge in [-0.3, -0.25) is 9.36 Å². The maximum absolute atomic E-state index is 12.0. The molecule has 6 nitrogen and oxygen atoms in total. The average Bonchev–Trinajstić information content (AvgIpc) is 2.84. The minimum Gasteiger partial charge on any atom is -0.361 e. The van der Waals surface area contributed by atoms with Gasteiger partial charge in [-0.15, -0.1) is 5.10 Å². The first-order valence-corrected chi connectivity index (χ1v) is 6.54. The zero-order valence-corrected chi connectivity index (χ0v) is 11.5. The third-order valence-corrected chi connectivity index (χ3v) is 3.71. The monoisotopic (exact) mass is 272 g/mol. The maximum atomic E-state index is 12.0.